The Morgan fingerprint density at radius 3 is 2.19 bits per heavy atom. The quantitative estimate of drug-likeness (QED) is 0.215. The standard InChI is InChI=1S/C35H33N5O3/c1-25-7-6-8-26(2)33(25)43-35(41)40(31-15-11-28(12-16-31)27-9-4-3-5-10-27)32-19-20-36-34(38-32)37-29-13-17-30(18-14-29)39-21-23-42-24-22-39/h3-20H,21-24H2,1-2H3,(H,36,37,38). The molecule has 216 valence electrons. The van der Waals surface area contributed by atoms with Crippen LogP contribution in [0.5, 0.6) is 5.75 Å². The average molecular weight is 572 g/mol. The van der Waals surface area contributed by atoms with Crippen LogP contribution >= 0.6 is 0 Å². The van der Waals surface area contributed by atoms with Gasteiger partial charge in [-0.25, -0.2) is 14.7 Å². The van der Waals surface area contributed by atoms with Crippen molar-refractivity contribution in [1.82, 2.24) is 9.97 Å². The highest BCUT2D eigenvalue weighted by atomic mass is 16.6. The molecule has 1 N–H and O–H groups in total. The van der Waals surface area contributed by atoms with Crippen molar-refractivity contribution in [3.05, 3.63) is 120 Å². The smallest absolute Gasteiger partial charge is 0.409 e. The number of amides is 1. The van der Waals surface area contributed by atoms with E-state index in [1.54, 1.807) is 12.3 Å². The number of hydrogen-bond acceptors (Lipinski definition) is 7. The molecule has 0 aliphatic carbocycles. The monoisotopic (exact) mass is 571 g/mol. The van der Waals surface area contributed by atoms with E-state index in [-0.39, 0.29) is 0 Å². The summed E-state index contributed by atoms with van der Waals surface area (Å²) in [5, 5.41) is 3.27. The summed E-state index contributed by atoms with van der Waals surface area (Å²) in [4.78, 5) is 26.7. The predicted molar refractivity (Wildman–Crippen MR) is 171 cm³/mol. The number of hydrogen-bond donors (Lipinski definition) is 1. The van der Waals surface area contributed by atoms with Gasteiger partial charge in [-0.1, -0.05) is 60.7 Å². The van der Waals surface area contributed by atoms with Crippen LogP contribution in [0.4, 0.5) is 33.6 Å². The van der Waals surface area contributed by atoms with E-state index in [4.69, 9.17) is 14.5 Å². The lowest BCUT2D eigenvalue weighted by Gasteiger charge is -2.28. The number of para-hydroxylation sites is 1. The summed E-state index contributed by atoms with van der Waals surface area (Å²) in [5.41, 5.74) is 6.48. The number of carbonyl (C=O) groups excluding carboxylic acids is 1. The van der Waals surface area contributed by atoms with Gasteiger partial charge >= 0.3 is 6.09 Å². The average Bonchev–Trinajstić information content (AvgIpc) is 3.05. The molecule has 6 rings (SSSR count). The molecule has 5 aromatic rings. The Kier molecular flexibility index (Phi) is 8.28. The molecule has 0 spiro atoms. The maximum atomic E-state index is 13.8. The summed E-state index contributed by atoms with van der Waals surface area (Å²) < 4.78 is 11.4. The van der Waals surface area contributed by atoms with Gasteiger partial charge in [0.1, 0.15) is 11.6 Å². The van der Waals surface area contributed by atoms with Crippen molar-refractivity contribution in [3.63, 3.8) is 0 Å². The highest BCUT2D eigenvalue weighted by Crippen LogP contribution is 2.31. The molecule has 2 heterocycles. The Balaban J connectivity index is 1.29. The molecule has 1 saturated heterocycles. The first-order valence-corrected chi connectivity index (χ1v) is 14.3. The summed E-state index contributed by atoms with van der Waals surface area (Å²) in [6.45, 7) is 7.06. The Bertz CT molecular complexity index is 1670. The number of anilines is 5. The maximum absolute atomic E-state index is 13.8. The van der Waals surface area contributed by atoms with E-state index in [9.17, 15) is 4.79 Å². The van der Waals surface area contributed by atoms with Crippen LogP contribution in [-0.2, 0) is 4.74 Å². The van der Waals surface area contributed by atoms with Crippen molar-refractivity contribution in [2.24, 2.45) is 0 Å². The third-order valence-electron chi connectivity index (χ3n) is 7.38. The molecule has 1 aromatic heterocycles. The minimum Gasteiger partial charge on any atom is -0.409 e. The Labute approximate surface area is 251 Å². The van der Waals surface area contributed by atoms with Crippen LogP contribution in [0.25, 0.3) is 11.1 Å². The van der Waals surface area contributed by atoms with Crippen LogP contribution in [-0.4, -0.2) is 42.4 Å². The maximum Gasteiger partial charge on any atom is 0.425 e. The van der Waals surface area contributed by atoms with Crippen LogP contribution < -0.4 is 19.9 Å². The number of ether oxygens (including phenoxy) is 2. The highest BCUT2D eigenvalue weighted by molar-refractivity contribution is 5.96. The first-order valence-electron chi connectivity index (χ1n) is 14.3. The van der Waals surface area contributed by atoms with Crippen molar-refractivity contribution >= 4 is 34.9 Å². The summed E-state index contributed by atoms with van der Waals surface area (Å²) in [7, 11) is 0. The van der Waals surface area contributed by atoms with E-state index in [1.807, 2.05) is 86.6 Å². The number of nitrogens with one attached hydrogen (secondary N) is 1. The molecule has 1 aliphatic rings. The van der Waals surface area contributed by atoms with Crippen molar-refractivity contribution in [1.29, 1.82) is 0 Å². The number of rotatable bonds is 7. The van der Waals surface area contributed by atoms with Crippen LogP contribution in [0.2, 0.25) is 0 Å². The largest absolute Gasteiger partial charge is 0.425 e. The molecule has 1 amide bonds. The number of aryl methyl sites for hydroxylation is 2. The number of benzene rings is 4. The van der Waals surface area contributed by atoms with E-state index in [0.29, 0.717) is 23.2 Å². The number of carbonyl (C=O) groups is 1. The van der Waals surface area contributed by atoms with Gasteiger partial charge < -0.3 is 19.7 Å². The van der Waals surface area contributed by atoms with Gasteiger partial charge in [-0.15, -0.1) is 0 Å². The van der Waals surface area contributed by atoms with Crippen LogP contribution in [0.1, 0.15) is 11.1 Å². The van der Waals surface area contributed by atoms with E-state index >= 15 is 0 Å². The second-order valence-corrected chi connectivity index (χ2v) is 10.3. The van der Waals surface area contributed by atoms with Crippen molar-refractivity contribution in [2.75, 3.05) is 41.4 Å². The summed E-state index contributed by atoms with van der Waals surface area (Å²) in [5.74, 6) is 1.28. The van der Waals surface area contributed by atoms with Crippen LogP contribution in [0.15, 0.2) is 109 Å². The predicted octanol–water partition coefficient (Wildman–Crippen LogP) is 7.68. The van der Waals surface area contributed by atoms with E-state index < -0.39 is 6.09 Å². The van der Waals surface area contributed by atoms with E-state index in [1.165, 1.54) is 4.90 Å². The van der Waals surface area contributed by atoms with Gasteiger partial charge in [0.25, 0.3) is 0 Å². The zero-order valence-electron chi connectivity index (χ0n) is 24.2. The molecule has 1 fully saturated rings. The lowest BCUT2D eigenvalue weighted by atomic mass is 10.1. The Morgan fingerprint density at radius 2 is 1.49 bits per heavy atom. The topological polar surface area (TPSA) is 79.8 Å². The Hall–Kier alpha value is -5.21. The zero-order valence-corrected chi connectivity index (χ0v) is 24.2. The van der Waals surface area contributed by atoms with Crippen molar-refractivity contribution in [3.8, 4) is 16.9 Å². The lowest BCUT2D eigenvalue weighted by molar-refractivity contribution is 0.122. The number of aromatic nitrogens is 2. The lowest BCUT2D eigenvalue weighted by Crippen LogP contribution is -2.36. The molecule has 0 atom stereocenters. The minimum absolute atomic E-state index is 0.363. The molecular formula is C35H33N5O3. The van der Waals surface area contributed by atoms with Gasteiger partial charge in [-0.3, -0.25) is 0 Å². The molecule has 43 heavy (non-hydrogen) atoms. The van der Waals surface area contributed by atoms with Gasteiger partial charge in [0.2, 0.25) is 5.95 Å². The summed E-state index contributed by atoms with van der Waals surface area (Å²) >= 11 is 0. The van der Waals surface area contributed by atoms with Gasteiger partial charge in [-0.05, 0) is 72.5 Å². The third kappa shape index (κ3) is 6.50. The van der Waals surface area contributed by atoms with E-state index in [2.05, 4.69) is 39.5 Å². The minimum atomic E-state index is -0.565. The molecule has 4 aromatic carbocycles. The SMILES string of the molecule is Cc1cccc(C)c1OC(=O)N(c1ccc(-c2ccccc2)cc1)c1ccnc(Nc2ccc(N3CCOCC3)cc2)n1. The van der Waals surface area contributed by atoms with Gasteiger partial charge in [0.15, 0.2) is 0 Å². The molecule has 0 saturated carbocycles. The van der Waals surface area contributed by atoms with Crippen molar-refractivity contribution in [2.45, 2.75) is 13.8 Å². The zero-order chi connectivity index (χ0) is 29.6. The van der Waals surface area contributed by atoms with Gasteiger partial charge in [0, 0.05) is 36.7 Å². The fourth-order valence-electron chi connectivity index (χ4n) is 5.10. The molecule has 0 unspecified atom stereocenters. The fourth-order valence-corrected chi connectivity index (χ4v) is 5.10. The second-order valence-electron chi connectivity index (χ2n) is 10.3. The fraction of sp³-hybridized carbons (Fsp3) is 0.171. The molecule has 8 nitrogen and oxygen atoms in total. The first kappa shape index (κ1) is 27.9. The molecule has 0 radical (unpaired) electrons. The van der Waals surface area contributed by atoms with Gasteiger partial charge in [-0.2, -0.15) is 4.98 Å². The van der Waals surface area contributed by atoms with Crippen LogP contribution in [0, 0.1) is 13.8 Å². The third-order valence-corrected chi connectivity index (χ3v) is 7.38. The second kappa shape index (κ2) is 12.8. The van der Waals surface area contributed by atoms with Gasteiger partial charge in [0.05, 0.1) is 18.9 Å². The van der Waals surface area contributed by atoms with E-state index in [0.717, 1.165) is 59.9 Å². The number of morpholine rings is 1. The first-order chi connectivity index (χ1) is 21.0. The normalized spacial score (nSPS) is 12.9. The molecule has 1 aliphatic heterocycles. The number of nitrogens with zero attached hydrogens (tertiary/aromatic N) is 4. The van der Waals surface area contributed by atoms with Crippen LogP contribution in [0.3, 0.4) is 0 Å². The summed E-state index contributed by atoms with van der Waals surface area (Å²) in [6, 6.07) is 33.5. The molecule has 8 heteroatoms. The molecule has 0 bridgehead atoms. The summed E-state index contributed by atoms with van der Waals surface area (Å²) in [6.07, 6.45) is 1.06. The van der Waals surface area contributed by atoms with Crippen molar-refractivity contribution < 1.29 is 14.3 Å². The Morgan fingerprint density at radius 1 is 0.814 bits per heavy atom. The molecular weight excluding hydrogens is 538 g/mol. The highest BCUT2D eigenvalue weighted by Gasteiger charge is 2.24.